The molecule has 1 aliphatic heterocycles. The van der Waals surface area contributed by atoms with Gasteiger partial charge in [-0.15, -0.1) is 0 Å². The highest BCUT2D eigenvalue weighted by molar-refractivity contribution is 5.22. The van der Waals surface area contributed by atoms with Crippen molar-refractivity contribution in [2.45, 2.75) is 44.7 Å². The highest BCUT2D eigenvalue weighted by atomic mass is 15.2. The summed E-state index contributed by atoms with van der Waals surface area (Å²) < 4.78 is 0. The molecule has 1 aromatic rings. The smallest absolute Gasteiger partial charge is 0.0479 e. The van der Waals surface area contributed by atoms with Crippen LogP contribution in [0.3, 0.4) is 0 Å². The molecule has 1 aromatic carbocycles. The number of likely N-dealkylation sites (tertiary alicyclic amines) is 1. The third-order valence-corrected chi connectivity index (χ3v) is 4.37. The van der Waals surface area contributed by atoms with E-state index >= 15 is 0 Å². The fourth-order valence-electron chi connectivity index (χ4n) is 2.89. The van der Waals surface area contributed by atoms with Crippen LogP contribution in [0.5, 0.6) is 0 Å². The first-order valence-corrected chi connectivity index (χ1v) is 6.74. The first-order chi connectivity index (χ1) is 8.18. The van der Waals surface area contributed by atoms with Crippen molar-refractivity contribution in [1.82, 2.24) is 4.90 Å². The highest BCUT2D eigenvalue weighted by Gasteiger charge is 2.38. The molecule has 0 saturated carbocycles. The molecule has 2 rings (SSSR count). The van der Waals surface area contributed by atoms with Crippen molar-refractivity contribution >= 4 is 0 Å². The van der Waals surface area contributed by atoms with E-state index in [1.165, 1.54) is 31.5 Å². The normalized spacial score (nSPS) is 22.3. The number of hydrogen-bond donors (Lipinski definition) is 1. The summed E-state index contributed by atoms with van der Waals surface area (Å²) in [7, 11) is 0. The molecule has 0 amide bonds. The monoisotopic (exact) mass is 232 g/mol. The SMILES string of the molecule is CC[C@@](C)([C@H](N)c1ccccc1)N1CCCC1. The molecule has 17 heavy (non-hydrogen) atoms. The molecule has 2 heteroatoms. The van der Waals surface area contributed by atoms with Crippen molar-refractivity contribution in [2.75, 3.05) is 13.1 Å². The van der Waals surface area contributed by atoms with Gasteiger partial charge in [0.05, 0.1) is 0 Å². The molecule has 2 N–H and O–H groups in total. The van der Waals surface area contributed by atoms with Crippen molar-refractivity contribution < 1.29 is 0 Å². The van der Waals surface area contributed by atoms with Crippen LogP contribution in [-0.4, -0.2) is 23.5 Å². The van der Waals surface area contributed by atoms with Gasteiger partial charge in [-0.3, -0.25) is 4.90 Å². The molecule has 0 bridgehead atoms. The van der Waals surface area contributed by atoms with Crippen LogP contribution in [-0.2, 0) is 0 Å². The first-order valence-electron chi connectivity index (χ1n) is 6.74. The molecule has 94 valence electrons. The molecule has 0 radical (unpaired) electrons. The molecule has 0 aliphatic carbocycles. The lowest BCUT2D eigenvalue weighted by atomic mass is 9.84. The Labute approximate surface area is 105 Å². The summed E-state index contributed by atoms with van der Waals surface area (Å²) >= 11 is 0. The number of benzene rings is 1. The minimum atomic E-state index is 0.0951. The van der Waals surface area contributed by atoms with Crippen molar-refractivity contribution in [3.05, 3.63) is 35.9 Å². The molecular formula is C15H24N2. The number of rotatable bonds is 4. The zero-order valence-electron chi connectivity index (χ0n) is 11.0. The maximum atomic E-state index is 6.52. The zero-order valence-corrected chi connectivity index (χ0v) is 11.0. The lowest BCUT2D eigenvalue weighted by Gasteiger charge is -2.43. The van der Waals surface area contributed by atoms with Gasteiger partial charge in [0.15, 0.2) is 0 Å². The molecular weight excluding hydrogens is 208 g/mol. The van der Waals surface area contributed by atoms with E-state index < -0.39 is 0 Å². The van der Waals surface area contributed by atoms with Crippen LogP contribution in [0.1, 0.15) is 44.7 Å². The second-order valence-electron chi connectivity index (χ2n) is 5.29. The van der Waals surface area contributed by atoms with Crippen LogP contribution >= 0.6 is 0 Å². The second kappa shape index (κ2) is 5.19. The quantitative estimate of drug-likeness (QED) is 0.865. The molecule has 2 atom stereocenters. The predicted octanol–water partition coefficient (Wildman–Crippen LogP) is 2.95. The lowest BCUT2D eigenvalue weighted by Crippen LogP contribution is -2.51. The van der Waals surface area contributed by atoms with Gasteiger partial charge in [0.1, 0.15) is 0 Å². The maximum absolute atomic E-state index is 6.52. The maximum Gasteiger partial charge on any atom is 0.0479 e. The van der Waals surface area contributed by atoms with E-state index in [1.54, 1.807) is 0 Å². The van der Waals surface area contributed by atoms with E-state index in [-0.39, 0.29) is 11.6 Å². The van der Waals surface area contributed by atoms with Gasteiger partial charge in [0.25, 0.3) is 0 Å². The fraction of sp³-hybridized carbons (Fsp3) is 0.600. The van der Waals surface area contributed by atoms with E-state index in [0.717, 1.165) is 6.42 Å². The standard InChI is InChI=1S/C15H24N2/c1-3-15(2,17-11-7-8-12-17)14(16)13-9-5-4-6-10-13/h4-6,9-10,14H,3,7-8,11-12,16H2,1-2H3/t14-,15+/m1/s1. The minimum absolute atomic E-state index is 0.0951. The summed E-state index contributed by atoms with van der Waals surface area (Å²) in [5, 5.41) is 0. The van der Waals surface area contributed by atoms with Gasteiger partial charge >= 0.3 is 0 Å². The van der Waals surface area contributed by atoms with E-state index in [4.69, 9.17) is 5.73 Å². The molecule has 1 heterocycles. The summed E-state index contributed by atoms with van der Waals surface area (Å²) in [6, 6.07) is 10.6. The Hall–Kier alpha value is -0.860. The van der Waals surface area contributed by atoms with E-state index in [2.05, 4.69) is 49.1 Å². The van der Waals surface area contributed by atoms with Crippen LogP contribution < -0.4 is 5.73 Å². The van der Waals surface area contributed by atoms with Gasteiger partial charge in [-0.25, -0.2) is 0 Å². The number of nitrogens with two attached hydrogens (primary N) is 1. The van der Waals surface area contributed by atoms with Crippen molar-refractivity contribution in [1.29, 1.82) is 0 Å². The first kappa shape index (κ1) is 12.6. The Bertz CT molecular complexity index is 343. The van der Waals surface area contributed by atoms with Crippen molar-refractivity contribution in [3.63, 3.8) is 0 Å². The highest BCUT2D eigenvalue weighted by Crippen LogP contribution is 2.34. The molecule has 0 aromatic heterocycles. The molecule has 1 fully saturated rings. The third kappa shape index (κ3) is 2.38. The number of hydrogen-bond acceptors (Lipinski definition) is 2. The summed E-state index contributed by atoms with van der Waals surface area (Å²) in [4.78, 5) is 2.57. The van der Waals surface area contributed by atoms with Crippen LogP contribution in [0, 0.1) is 0 Å². The van der Waals surface area contributed by atoms with Gasteiger partial charge in [0, 0.05) is 11.6 Å². The average Bonchev–Trinajstić information content (AvgIpc) is 2.92. The molecule has 2 nitrogen and oxygen atoms in total. The van der Waals surface area contributed by atoms with Gasteiger partial charge < -0.3 is 5.73 Å². The van der Waals surface area contributed by atoms with Crippen LogP contribution in [0.25, 0.3) is 0 Å². The Morgan fingerprint density at radius 2 is 1.82 bits per heavy atom. The number of nitrogens with zero attached hydrogens (tertiary/aromatic N) is 1. The van der Waals surface area contributed by atoms with Crippen LogP contribution in [0.15, 0.2) is 30.3 Å². The summed E-state index contributed by atoms with van der Waals surface area (Å²) in [5.41, 5.74) is 7.87. The van der Waals surface area contributed by atoms with Crippen LogP contribution in [0.2, 0.25) is 0 Å². The molecule has 0 unspecified atom stereocenters. The zero-order chi connectivity index (χ0) is 12.3. The Balaban J connectivity index is 2.22. The summed E-state index contributed by atoms with van der Waals surface area (Å²) in [5.74, 6) is 0. The average molecular weight is 232 g/mol. The molecule has 0 spiro atoms. The molecule has 1 saturated heterocycles. The van der Waals surface area contributed by atoms with Gasteiger partial charge in [0.2, 0.25) is 0 Å². The van der Waals surface area contributed by atoms with Gasteiger partial charge in [-0.2, -0.15) is 0 Å². The van der Waals surface area contributed by atoms with E-state index in [9.17, 15) is 0 Å². The largest absolute Gasteiger partial charge is 0.322 e. The van der Waals surface area contributed by atoms with Crippen LogP contribution in [0.4, 0.5) is 0 Å². The molecule has 1 aliphatic rings. The fourth-order valence-corrected chi connectivity index (χ4v) is 2.89. The Morgan fingerprint density at radius 1 is 1.24 bits per heavy atom. The lowest BCUT2D eigenvalue weighted by molar-refractivity contribution is 0.100. The summed E-state index contributed by atoms with van der Waals surface area (Å²) in [6.07, 6.45) is 3.73. The Morgan fingerprint density at radius 3 is 2.35 bits per heavy atom. The van der Waals surface area contributed by atoms with Crippen molar-refractivity contribution in [3.8, 4) is 0 Å². The summed E-state index contributed by atoms with van der Waals surface area (Å²) in [6.45, 7) is 6.97. The third-order valence-electron chi connectivity index (χ3n) is 4.37. The Kier molecular flexibility index (Phi) is 3.85. The van der Waals surface area contributed by atoms with E-state index in [0.29, 0.717) is 0 Å². The topological polar surface area (TPSA) is 29.3 Å². The van der Waals surface area contributed by atoms with E-state index in [1.807, 2.05) is 0 Å². The van der Waals surface area contributed by atoms with Gasteiger partial charge in [-0.05, 0) is 44.8 Å². The van der Waals surface area contributed by atoms with Gasteiger partial charge in [-0.1, -0.05) is 37.3 Å². The van der Waals surface area contributed by atoms with Crippen molar-refractivity contribution in [2.24, 2.45) is 5.73 Å². The second-order valence-corrected chi connectivity index (χ2v) is 5.29. The predicted molar refractivity (Wildman–Crippen MR) is 72.9 cm³/mol. The minimum Gasteiger partial charge on any atom is -0.322 e.